The van der Waals surface area contributed by atoms with Crippen LogP contribution >= 0.6 is 22.9 Å². The number of carbonyl (C=O) groups is 2. The van der Waals surface area contributed by atoms with E-state index in [9.17, 15) is 14.9 Å². The molecule has 32 heavy (non-hydrogen) atoms. The molecule has 3 aromatic rings. The van der Waals surface area contributed by atoms with E-state index in [0.29, 0.717) is 22.1 Å². The first kappa shape index (κ1) is 23.3. The van der Waals surface area contributed by atoms with E-state index in [-0.39, 0.29) is 23.6 Å². The molecule has 0 aliphatic heterocycles. The third-order valence-electron chi connectivity index (χ3n) is 4.38. The minimum Gasteiger partial charge on any atom is -0.493 e. The average molecular weight is 471 g/mol. The lowest BCUT2D eigenvalue weighted by Gasteiger charge is -2.10. The fourth-order valence-corrected chi connectivity index (χ4v) is 4.21. The predicted octanol–water partition coefficient (Wildman–Crippen LogP) is 4.45. The zero-order valence-corrected chi connectivity index (χ0v) is 18.9. The van der Waals surface area contributed by atoms with Crippen molar-refractivity contribution in [2.45, 2.75) is 0 Å². The summed E-state index contributed by atoms with van der Waals surface area (Å²) < 4.78 is 16.6. The lowest BCUT2D eigenvalue weighted by atomic mass is 10.1. The molecule has 1 N–H and O–H groups in total. The number of halogens is 1. The maximum Gasteiger partial charge on any atom is 0.355 e. The van der Waals surface area contributed by atoms with Crippen LogP contribution in [0.15, 0.2) is 48.0 Å². The lowest BCUT2D eigenvalue weighted by molar-refractivity contribution is -0.117. The zero-order valence-electron chi connectivity index (χ0n) is 17.3. The summed E-state index contributed by atoms with van der Waals surface area (Å²) in [5.74, 6) is -0.668. The van der Waals surface area contributed by atoms with E-state index in [1.807, 2.05) is 30.3 Å². The highest BCUT2D eigenvalue weighted by molar-refractivity contribution is 7.21. The number of methoxy groups -OCH3 is 2. The van der Waals surface area contributed by atoms with E-state index >= 15 is 0 Å². The predicted molar refractivity (Wildman–Crippen MR) is 123 cm³/mol. The van der Waals surface area contributed by atoms with Crippen molar-refractivity contribution in [1.82, 2.24) is 5.32 Å². The van der Waals surface area contributed by atoms with E-state index in [4.69, 9.17) is 25.8 Å². The molecular formula is C23H19ClN2O5S. The van der Waals surface area contributed by atoms with Gasteiger partial charge in [-0.05, 0) is 29.8 Å². The van der Waals surface area contributed by atoms with Crippen molar-refractivity contribution in [3.8, 4) is 17.6 Å². The van der Waals surface area contributed by atoms with Crippen LogP contribution in [0.3, 0.4) is 0 Å². The standard InChI is InChI=1S/C23H19ClN2O5S/c1-29-10-9-26-22(27)15(13-25)11-14-7-8-17(18(12-14)30-2)31-23(28)21-20(24)16-5-3-4-6-19(16)32-21/h3-8,11-12H,9-10H2,1-2H3,(H,26,27)/b15-11+. The van der Waals surface area contributed by atoms with Gasteiger partial charge in [-0.2, -0.15) is 5.26 Å². The van der Waals surface area contributed by atoms with Crippen molar-refractivity contribution < 1.29 is 23.8 Å². The molecule has 3 rings (SSSR count). The summed E-state index contributed by atoms with van der Waals surface area (Å²) in [6, 6.07) is 14.0. The Morgan fingerprint density at radius 3 is 2.66 bits per heavy atom. The lowest BCUT2D eigenvalue weighted by Crippen LogP contribution is -2.27. The molecule has 164 valence electrons. The molecular weight excluding hydrogens is 452 g/mol. The summed E-state index contributed by atoms with van der Waals surface area (Å²) in [5.41, 5.74) is 0.449. The van der Waals surface area contributed by atoms with Crippen LogP contribution in [0.5, 0.6) is 11.5 Å². The van der Waals surface area contributed by atoms with E-state index in [0.717, 1.165) is 10.1 Å². The van der Waals surface area contributed by atoms with Crippen LogP contribution in [-0.2, 0) is 9.53 Å². The van der Waals surface area contributed by atoms with Crippen LogP contribution in [0.25, 0.3) is 16.2 Å². The van der Waals surface area contributed by atoms with Crippen molar-refractivity contribution in [2.75, 3.05) is 27.4 Å². The quantitative estimate of drug-likeness (QED) is 0.172. The fourth-order valence-electron chi connectivity index (χ4n) is 2.83. The van der Waals surface area contributed by atoms with Crippen LogP contribution in [0.1, 0.15) is 15.2 Å². The number of ether oxygens (including phenoxy) is 3. The Morgan fingerprint density at radius 2 is 1.97 bits per heavy atom. The van der Waals surface area contributed by atoms with Crippen LogP contribution < -0.4 is 14.8 Å². The maximum atomic E-state index is 12.7. The molecule has 0 aliphatic rings. The van der Waals surface area contributed by atoms with Crippen molar-refractivity contribution in [3.63, 3.8) is 0 Å². The summed E-state index contributed by atoms with van der Waals surface area (Å²) in [6.45, 7) is 0.620. The van der Waals surface area contributed by atoms with Crippen LogP contribution in [0.2, 0.25) is 5.02 Å². The molecule has 1 heterocycles. The molecule has 7 nitrogen and oxygen atoms in total. The van der Waals surface area contributed by atoms with Gasteiger partial charge in [0, 0.05) is 23.7 Å². The molecule has 0 aliphatic carbocycles. The summed E-state index contributed by atoms with van der Waals surface area (Å²) in [7, 11) is 2.94. The highest BCUT2D eigenvalue weighted by Crippen LogP contribution is 2.37. The monoisotopic (exact) mass is 470 g/mol. The second-order valence-corrected chi connectivity index (χ2v) is 7.89. The molecule has 0 atom stereocenters. The normalized spacial score (nSPS) is 11.1. The molecule has 0 saturated carbocycles. The second kappa shape index (κ2) is 10.8. The Balaban J connectivity index is 1.81. The van der Waals surface area contributed by atoms with Crippen molar-refractivity contribution in [2.24, 2.45) is 0 Å². The molecule has 2 aromatic carbocycles. The van der Waals surface area contributed by atoms with Crippen LogP contribution in [0.4, 0.5) is 0 Å². The van der Waals surface area contributed by atoms with E-state index in [1.54, 1.807) is 12.1 Å². The number of hydrogen-bond acceptors (Lipinski definition) is 7. The van der Waals surface area contributed by atoms with E-state index < -0.39 is 11.9 Å². The third kappa shape index (κ3) is 5.26. The number of thiophene rings is 1. The molecule has 9 heteroatoms. The van der Waals surface area contributed by atoms with E-state index in [2.05, 4.69) is 5.32 Å². The maximum absolute atomic E-state index is 12.7. The molecule has 0 bridgehead atoms. The number of carbonyl (C=O) groups excluding carboxylic acids is 2. The van der Waals surface area contributed by atoms with Gasteiger partial charge in [0.1, 0.15) is 16.5 Å². The Hall–Kier alpha value is -3.38. The van der Waals surface area contributed by atoms with Gasteiger partial charge in [-0.25, -0.2) is 4.79 Å². The number of amides is 1. The zero-order chi connectivity index (χ0) is 23.1. The largest absolute Gasteiger partial charge is 0.493 e. The fraction of sp³-hybridized carbons (Fsp3) is 0.174. The van der Waals surface area contributed by atoms with Crippen LogP contribution in [0, 0.1) is 11.3 Å². The summed E-state index contributed by atoms with van der Waals surface area (Å²) in [5, 5.41) is 13.0. The topological polar surface area (TPSA) is 97.6 Å². The van der Waals surface area contributed by atoms with Gasteiger partial charge in [-0.15, -0.1) is 11.3 Å². The average Bonchev–Trinajstić information content (AvgIpc) is 3.15. The summed E-state index contributed by atoms with van der Waals surface area (Å²) >= 11 is 7.60. The summed E-state index contributed by atoms with van der Waals surface area (Å²) in [4.78, 5) is 25.1. The van der Waals surface area contributed by atoms with Gasteiger partial charge in [0.15, 0.2) is 11.5 Å². The minimum atomic E-state index is -0.604. The highest BCUT2D eigenvalue weighted by atomic mass is 35.5. The molecule has 0 saturated heterocycles. The Morgan fingerprint density at radius 1 is 1.19 bits per heavy atom. The van der Waals surface area contributed by atoms with Gasteiger partial charge in [0.2, 0.25) is 0 Å². The molecule has 1 amide bonds. The molecule has 0 unspecified atom stereocenters. The van der Waals surface area contributed by atoms with Gasteiger partial charge in [-0.1, -0.05) is 35.9 Å². The first-order valence-corrected chi connectivity index (χ1v) is 10.6. The summed E-state index contributed by atoms with van der Waals surface area (Å²) in [6.07, 6.45) is 1.42. The number of nitrogens with zero attached hydrogens (tertiary/aromatic N) is 1. The second-order valence-electron chi connectivity index (χ2n) is 6.46. The van der Waals surface area contributed by atoms with Crippen LogP contribution in [-0.4, -0.2) is 39.2 Å². The van der Waals surface area contributed by atoms with Gasteiger partial charge < -0.3 is 19.5 Å². The Kier molecular flexibility index (Phi) is 7.84. The number of benzene rings is 2. The number of hydrogen-bond donors (Lipinski definition) is 1. The van der Waals surface area contributed by atoms with Gasteiger partial charge in [-0.3, -0.25) is 4.79 Å². The number of fused-ring (bicyclic) bond motifs is 1. The molecule has 0 fully saturated rings. The van der Waals surface area contributed by atoms with Crippen molar-refractivity contribution in [3.05, 3.63) is 63.5 Å². The number of rotatable bonds is 8. The molecule has 0 spiro atoms. The minimum absolute atomic E-state index is 0.0787. The SMILES string of the molecule is COCCNC(=O)/C(C#N)=C/c1ccc(OC(=O)c2sc3ccccc3c2Cl)c(OC)c1. The van der Waals surface area contributed by atoms with Gasteiger partial charge in [0.25, 0.3) is 5.91 Å². The Labute approximate surface area is 193 Å². The number of esters is 1. The molecule has 0 radical (unpaired) electrons. The first-order valence-electron chi connectivity index (χ1n) is 9.44. The third-order valence-corrected chi connectivity index (χ3v) is 6.03. The van der Waals surface area contributed by atoms with Gasteiger partial charge in [0.05, 0.1) is 18.7 Å². The molecule has 1 aromatic heterocycles. The Bertz CT molecular complexity index is 1230. The van der Waals surface area contributed by atoms with Gasteiger partial charge >= 0.3 is 5.97 Å². The highest BCUT2D eigenvalue weighted by Gasteiger charge is 2.20. The number of nitriles is 1. The van der Waals surface area contributed by atoms with E-state index in [1.165, 1.54) is 37.7 Å². The first-order chi connectivity index (χ1) is 15.5. The number of nitrogens with one attached hydrogen (secondary N) is 1. The van der Waals surface area contributed by atoms with Crippen molar-refractivity contribution in [1.29, 1.82) is 5.26 Å². The smallest absolute Gasteiger partial charge is 0.355 e. The van der Waals surface area contributed by atoms with Crippen molar-refractivity contribution >= 4 is 51.0 Å².